The summed E-state index contributed by atoms with van der Waals surface area (Å²) in [6.45, 7) is 0. The molecule has 0 fully saturated rings. The number of anilines is 1. The molecule has 1 N–H and O–H groups in total. The van der Waals surface area contributed by atoms with E-state index in [0.29, 0.717) is 16.3 Å². The number of ether oxygens (including phenoxy) is 1. The Labute approximate surface area is 137 Å². The third-order valence-corrected chi connectivity index (χ3v) is 3.55. The lowest BCUT2D eigenvalue weighted by molar-refractivity contribution is 0.0595. The van der Waals surface area contributed by atoms with Gasteiger partial charge in [-0.3, -0.25) is 0 Å². The van der Waals surface area contributed by atoms with E-state index in [4.69, 9.17) is 32.8 Å². The van der Waals surface area contributed by atoms with E-state index in [1.807, 2.05) is 6.07 Å². The molecule has 0 bridgehead atoms. The third-order valence-electron chi connectivity index (χ3n) is 2.60. The Bertz CT molecular complexity index is 656. The summed E-state index contributed by atoms with van der Waals surface area (Å²) in [4.78, 5) is 17.6. The molecule has 21 heavy (non-hydrogen) atoms. The summed E-state index contributed by atoms with van der Waals surface area (Å²) >= 11 is 16.2. The Kier molecular flexibility index (Phi) is 5.22. The number of carbonyl (C=O) groups is 1. The molecule has 0 aliphatic carbocycles. The first-order valence-corrected chi connectivity index (χ1v) is 7.01. The van der Waals surface area contributed by atoms with Crippen LogP contribution < -0.4 is 10.2 Å². The van der Waals surface area contributed by atoms with E-state index in [1.165, 1.54) is 19.2 Å². The van der Waals surface area contributed by atoms with Gasteiger partial charge in [0.05, 0.1) is 28.4 Å². The largest absolute Gasteiger partial charge is 0.494 e. The molecule has 4 nitrogen and oxygen atoms in total. The van der Waals surface area contributed by atoms with Gasteiger partial charge in [-0.2, -0.15) is 0 Å². The van der Waals surface area contributed by atoms with Crippen LogP contribution in [0.25, 0.3) is 0 Å². The molecule has 110 valence electrons. The SMILES string of the molecule is COc1c(Cl)cc(C(=O)ONc2ccccc2S)cc1Cl. The highest BCUT2D eigenvalue weighted by Crippen LogP contribution is 2.34. The van der Waals surface area contributed by atoms with E-state index in [1.54, 1.807) is 18.2 Å². The highest BCUT2D eigenvalue weighted by Gasteiger charge is 2.15. The summed E-state index contributed by atoms with van der Waals surface area (Å²) in [5.41, 5.74) is 3.31. The van der Waals surface area contributed by atoms with Crippen molar-refractivity contribution >= 4 is 47.5 Å². The van der Waals surface area contributed by atoms with Gasteiger partial charge in [0.25, 0.3) is 0 Å². The lowest BCUT2D eigenvalue weighted by Gasteiger charge is -2.10. The molecule has 0 radical (unpaired) electrons. The number of benzene rings is 2. The fraction of sp³-hybridized carbons (Fsp3) is 0.0714. The Morgan fingerprint density at radius 1 is 1.19 bits per heavy atom. The van der Waals surface area contributed by atoms with Gasteiger partial charge in [0.1, 0.15) is 0 Å². The van der Waals surface area contributed by atoms with Crippen LogP contribution in [-0.4, -0.2) is 13.1 Å². The van der Waals surface area contributed by atoms with Crippen LogP contribution >= 0.6 is 35.8 Å². The smallest absolute Gasteiger partial charge is 0.362 e. The van der Waals surface area contributed by atoms with Crippen LogP contribution in [0.3, 0.4) is 0 Å². The van der Waals surface area contributed by atoms with E-state index in [0.717, 1.165) is 0 Å². The molecule has 0 heterocycles. The number of carbonyl (C=O) groups excluding carboxylic acids is 1. The van der Waals surface area contributed by atoms with Crippen LogP contribution in [0.4, 0.5) is 5.69 Å². The van der Waals surface area contributed by atoms with Gasteiger partial charge in [-0.05, 0) is 24.3 Å². The van der Waals surface area contributed by atoms with Crippen molar-refractivity contribution < 1.29 is 14.4 Å². The molecular formula is C14H11Cl2NO3S. The van der Waals surface area contributed by atoms with E-state index in [2.05, 4.69) is 18.1 Å². The topological polar surface area (TPSA) is 47.6 Å². The Morgan fingerprint density at radius 2 is 1.81 bits per heavy atom. The molecule has 7 heteroatoms. The summed E-state index contributed by atoms with van der Waals surface area (Å²) in [6, 6.07) is 9.94. The average Bonchev–Trinajstić information content (AvgIpc) is 2.45. The summed E-state index contributed by atoms with van der Waals surface area (Å²) in [5.74, 6) is -0.318. The van der Waals surface area contributed by atoms with Crippen molar-refractivity contribution in [3.8, 4) is 5.75 Å². The lowest BCUT2D eigenvalue weighted by Crippen LogP contribution is -2.11. The normalized spacial score (nSPS) is 10.1. The molecule has 0 unspecified atom stereocenters. The molecule has 2 aromatic carbocycles. The van der Waals surface area contributed by atoms with E-state index < -0.39 is 5.97 Å². The number of rotatable bonds is 4. The van der Waals surface area contributed by atoms with Gasteiger partial charge in [-0.1, -0.05) is 35.3 Å². The molecule has 2 aromatic rings. The van der Waals surface area contributed by atoms with E-state index >= 15 is 0 Å². The predicted molar refractivity (Wildman–Crippen MR) is 85.7 cm³/mol. The predicted octanol–water partition coefficient (Wildman–Crippen LogP) is 4.47. The molecule has 0 aliphatic heterocycles. The van der Waals surface area contributed by atoms with Crippen LogP contribution in [0.1, 0.15) is 10.4 Å². The number of thiol groups is 1. The molecule has 2 rings (SSSR count). The fourth-order valence-corrected chi connectivity index (χ4v) is 2.44. The maximum atomic E-state index is 12.0. The van der Waals surface area contributed by atoms with Crippen molar-refractivity contribution in [1.29, 1.82) is 0 Å². The maximum Gasteiger partial charge on any atom is 0.362 e. The van der Waals surface area contributed by atoms with Gasteiger partial charge in [-0.15, -0.1) is 12.6 Å². The van der Waals surface area contributed by atoms with Crippen molar-refractivity contribution in [2.45, 2.75) is 4.90 Å². The van der Waals surface area contributed by atoms with Crippen molar-refractivity contribution in [3.63, 3.8) is 0 Å². The highest BCUT2D eigenvalue weighted by molar-refractivity contribution is 7.80. The quantitative estimate of drug-likeness (QED) is 0.634. The first-order valence-electron chi connectivity index (χ1n) is 5.81. The van der Waals surface area contributed by atoms with Gasteiger partial charge in [-0.25, -0.2) is 10.3 Å². The second kappa shape index (κ2) is 6.93. The average molecular weight is 344 g/mol. The van der Waals surface area contributed by atoms with Crippen LogP contribution in [0.15, 0.2) is 41.3 Å². The second-order valence-corrected chi connectivity index (χ2v) is 5.28. The molecule has 0 amide bonds. The van der Waals surface area contributed by atoms with Crippen LogP contribution in [0.5, 0.6) is 5.75 Å². The Morgan fingerprint density at radius 3 is 2.38 bits per heavy atom. The fourth-order valence-electron chi connectivity index (χ4n) is 1.59. The molecule has 0 spiro atoms. The first kappa shape index (κ1) is 15.8. The highest BCUT2D eigenvalue weighted by atomic mass is 35.5. The van der Waals surface area contributed by atoms with Gasteiger partial charge in [0.2, 0.25) is 0 Å². The van der Waals surface area contributed by atoms with E-state index in [9.17, 15) is 4.79 Å². The monoisotopic (exact) mass is 343 g/mol. The van der Waals surface area contributed by atoms with Crippen LogP contribution in [-0.2, 0) is 4.84 Å². The number of methoxy groups -OCH3 is 1. The summed E-state index contributed by atoms with van der Waals surface area (Å²) in [6.07, 6.45) is 0. The van der Waals surface area contributed by atoms with Crippen molar-refractivity contribution in [1.82, 2.24) is 0 Å². The van der Waals surface area contributed by atoms with Crippen molar-refractivity contribution in [2.24, 2.45) is 0 Å². The Balaban J connectivity index is 2.13. The zero-order valence-electron chi connectivity index (χ0n) is 10.9. The van der Waals surface area contributed by atoms with Crippen molar-refractivity contribution in [2.75, 3.05) is 12.6 Å². The number of para-hydroxylation sites is 1. The van der Waals surface area contributed by atoms with Gasteiger partial charge < -0.3 is 9.57 Å². The summed E-state index contributed by atoms with van der Waals surface area (Å²) in [7, 11) is 1.44. The van der Waals surface area contributed by atoms with E-state index in [-0.39, 0.29) is 15.6 Å². The minimum atomic E-state index is -0.627. The number of halogens is 2. The van der Waals surface area contributed by atoms with Crippen LogP contribution in [0.2, 0.25) is 10.0 Å². The third kappa shape index (κ3) is 3.75. The number of hydrogen-bond acceptors (Lipinski definition) is 5. The number of hydrogen-bond donors (Lipinski definition) is 2. The molecule has 0 aliphatic rings. The zero-order chi connectivity index (χ0) is 15.4. The van der Waals surface area contributed by atoms with Gasteiger partial charge in [0, 0.05) is 4.90 Å². The summed E-state index contributed by atoms with van der Waals surface area (Å²) < 4.78 is 5.01. The Hall–Kier alpha value is -1.56. The maximum absolute atomic E-state index is 12.0. The molecular weight excluding hydrogens is 333 g/mol. The van der Waals surface area contributed by atoms with Crippen LogP contribution in [0, 0.1) is 0 Å². The van der Waals surface area contributed by atoms with Gasteiger partial charge in [0.15, 0.2) is 5.75 Å². The minimum absolute atomic E-state index is 0.204. The molecule has 0 saturated carbocycles. The summed E-state index contributed by atoms with van der Waals surface area (Å²) in [5, 5.41) is 0.457. The lowest BCUT2D eigenvalue weighted by atomic mass is 10.2. The molecule has 0 saturated heterocycles. The standard InChI is InChI=1S/C14H11Cl2NO3S/c1-19-13-9(15)6-8(7-10(13)16)14(18)20-17-11-4-2-3-5-12(11)21/h2-7,17,21H,1H3. The van der Waals surface area contributed by atoms with Crippen molar-refractivity contribution in [3.05, 3.63) is 52.0 Å². The number of nitrogens with one attached hydrogen (secondary N) is 1. The zero-order valence-corrected chi connectivity index (χ0v) is 13.3. The second-order valence-electron chi connectivity index (χ2n) is 3.98. The first-order chi connectivity index (χ1) is 10.0. The molecule has 0 aromatic heterocycles. The minimum Gasteiger partial charge on any atom is -0.494 e. The van der Waals surface area contributed by atoms with Gasteiger partial charge >= 0.3 is 5.97 Å². The molecule has 0 atom stereocenters.